The Kier molecular flexibility index (Phi) is 5.76. The van der Waals surface area contributed by atoms with E-state index in [2.05, 4.69) is 41.0 Å². The van der Waals surface area contributed by atoms with E-state index >= 15 is 0 Å². The number of nitrogens with one attached hydrogen (secondary N) is 1. The van der Waals surface area contributed by atoms with E-state index in [4.69, 9.17) is 9.26 Å². The Morgan fingerprint density at radius 1 is 1.28 bits per heavy atom. The quantitative estimate of drug-likeness (QED) is 0.896. The summed E-state index contributed by atoms with van der Waals surface area (Å²) in [5.74, 6) is 1.30. The summed E-state index contributed by atoms with van der Waals surface area (Å²) in [7, 11) is 0. The minimum atomic E-state index is -0.122. The Balaban J connectivity index is 1.61. The van der Waals surface area contributed by atoms with Crippen molar-refractivity contribution < 1.29 is 14.1 Å². The van der Waals surface area contributed by atoms with E-state index in [1.807, 2.05) is 6.07 Å². The van der Waals surface area contributed by atoms with Gasteiger partial charge in [0.25, 0.3) is 0 Å². The monoisotopic (exact) mass is 350 g/mol. The Morgan fingerprint density at radius 3 is 2.72 bits per heavy atom. The molecule has 2 aliphatic heterocycles. The Hall–Kier alpha value is -1.44. The maximum absolute atomic E-state index is 12.8. The Bertz CT molecular complexity index is 575. The van der Waals surface area contributed by atoms with Crippen LogP contribution in [0.4, 0.5) is 5.82 Å². The first kappa shape index (κ1) is 18.4. The fraction of sp³-hybridized carbons (Fsp3) is 0.778. The smallest absolute Gasteiger partial charge is 0.243 e. The third-order valence-corrected chi connectivity index (χ3v) is 4.90. The third kappa shape index (κ3) is 4.80. The molecule has 25 heavy (non-hydrogen) atoms. The number of carbonyl (C=O) groups excluding carboxylic acids is 1. The lowest BCUT2D eigenvalue weighted by molar-refractivity contribution is -0.124. The second kappa shape index (κ2) is 7.85. The number of aromatic nitrogens is 1. The van der Waals surface area contributed by atoms with Crippen molar-refractivity contribution in [3.8, 4) is 0 Å². The molecule has 2 aliphatic rings. The molecular weight excluding hydrogens is 320 g/mol. The second-order valence-corrected chi connectivity index (χ2v) is 8.01. The molecule has 2 saturated heterocycles. The van der Waals surface area contributed by atoms with Crippen LogP contribution in [0.25, 0.3) is 0 Å². The summed E-state index contributed by atoms with van der Waals surface area (Å²) >= 11 is 0. The molecule has 140 valence electrons. The molecule has 3 rings (SSSR count). The van der Waals surface area contributed by atoms with E-state index in [-0.39, 0.29) is 17.4 Å². The van der Waals surface area contributed by atoms with Crippen molar-refractivity contribution in [3.05, 3.63) is 11.8 Å². The number of carbonyl (C=O) groups is 1. The average molecular weight is 350 g/mol. The van der Waals surface area contributed by atoms with Gasteiger partial charge in [0.15, 0.2) is 5.82 Å². The maximum Gasteiger partial charge on any atom is 0.243 e. The zero-order chi connectivity index (χ0) is 17.9. The SMILES string of the molecule is CC(C)(C)c1cc(NC(=O)[C@@H]2CCCCN2CN2CCOCC2)no1. The van der Waals surface area contributed by atoms with Gasteiger partial charge in [-0.15, -0.1) is 0 Å². The van der Waals surface area contributed by atoms with Crippen LogP contribution in [-0.4, -0.2) is 66.4 Å². The topological polar surface area (TPSA) is 70.8 Å². The van der Waals surface area contributed by atoms with Crippen LogP contribution in [0.1, 0.15) is 45.8 Å². The minimum absolute atomic E-state index is 0.0155. The maximum atomic E-state index is 12.8. The lowest BCUT2D eigenvalue weighted by atomic mass is 9.93. The predicted molar refractivity (Wildman–Crippen MR) is 95.4 cm³/mol. The molecule has 0 radical (unpaired) electrons. The molecule has 0 aromatic carbocycles. The van der Waals surface area contributed by atoms with Crippen molar-refractivity contribution in [1.29, 1.82) is 0 Å². The number of ether oxygens (including phenoxy) is 1. The molecule has 0 spiro atoms. The van der Waals surface area contributed by atoms with E-state index in [1.54, 1.807) is 0 Å². The zero-order valence-corrected chi connectivity index (χ0v) is 15.6. The van der Waals surface area contributed by atoms with E-state index in [0.717, 1.165) is 64.5 Å². The van der Waals surface area contributed by atoms with Gasteiger partial charge in [-0.3, -0.25) is 14.6 Å². The number of nitrogens with zero attached hydrogens (tertiary/aromatic N) is 3. The van der Waals surface area contributed by atoms with Gasteiger partial charge in [0.05, 0.1) is 25.9 Å². The molecule has 1 atom stereocenters. The highest BCUT2D eigenvalue weighted by Gasteiger charge is 2.31. The van der Waals surface area contributed by atoms with Crippen molar-refractivity contribution in [3.63, 3.8) is 0 Å². The number of hydrogen-bond donors (Lipinski definition) is 1. The summed E-state index contributed by atoms with van der Waals surface area (Å²) in [5, 5.41) is 6.95. The third-order valence-electron chi connectivity index (χ3n) is 4.90. The van der Waals surface area contributed by atoms with Crippen molar-refractivity contribution in [2.45, 2.75) is 51.5 Å². The summed E-state index contributed by atoms with van der Waals surface area (Å²) in [4.78, 5) is 17.5. The van der Waals surface area contributed by atoms with Crippen LogP contribution >= 0.6 is 0 Å². The lowest BCUT2D eigenvalue weighted by Gasteiger charge is -2.39. The van der Waals surface area contributed by atoms with Gasteiger partial charge >= 0.3 is 0 Å². The molecule has 0 unspecified atom stereocenters. The molecule has 0 saturated carbocycles. The number of rotatable bonds is 4. The molecule has 1 aromatic heterocycles. The van der Waals surface area contributed by atoms with E-state index in [0.29, 0.717) is 5.82 Å². The van der Waals surface area contributed by atoms with E-state index in [1.165, 1.54) is 0 Å². The van der Waals surface area contributed by atoms with Gasteiger partial charge in [0.2, 0.25) is 5.91 Å². The lowest BCUT2D eigenvalue weighted by Crippen LogP contribution is -2.53. The van der Waals surface area contributed by atoms with Crippen molar-refractivity contribution in [2.75, 3.05) is 44.8 Å². The number of hydrogen-bond acceptors (Lipinski definition) is 6. The Labute approximate surface area is 149 Å². The molecule has 1 amide bonds. The summed E-state index contributed by atoms with van der Waals surface area (Å²) in [5.41, 5.74) is -0.122. The molecule has 2 fully saturated rings. The molecule has 0 aliphatic carbocycles. The molecule has 0 bridgehead atoms. The molecule has 7 heteroatoms. The first-order valence-electron chi connectivity index (χ1n) is 9.26. The second-order valence-electron chi connectivity index (χ2n) is 8.01. The van der Waals surface area contributed by atoms with Crippen LogP contribution < -0.4 is 5.32 Å². The van der Waals surface area contributed by atoms with Crippen LogP contribution in [0, 0.1) is 0 Å². The van der Waals surface area contributed by atoms with E-state index < -0.39 is 0 Å². The van der Waals surface area contributed by atoms with Crippen molar-refractivity contribution in [1.82, 2.24) is 15.0 Å². The fourth-order valence-corrected chi connectivity index (χ4v) is 3.35. The summed E-state index contributed by atoms with van der Waals surface area (Å²) in [6.45, 7) is 11.4. The number of amides is 1. The highest BCUT2D eigenvalue weighted by molar-refractivity contribution is 5.94. The average Bonchev–Trinajstić information content (AvgIpc) is 3.05. The number of piperidine rings is 1. The highest BCUT2D eigenvalue weighted by Crippen LogP contribution is 2.25. The molecule has 1 aromatic rings. The number of likely N-dealkylation sites (tertiary alicyclic amines) is 1. The number of morpholine rings is 1. The van der Waals surface area contributed by atoms with Gasteiger partial charge in [-0.1, -0.05) is 32.3 Å². The van der Waals surface area contributed by atoms with Crippen LogP contribution in [0.5, 0.6) is 0 Å². The first-order valence-corrected chi connectivity index (χ1v) is 9.26. The largest absolute Gasteiger partial charge is 0.379 e. The van der Waals surface area contributed by atoms with Crippen LogP contribution in [0.3, 0.4) is 0 Å². The number of anilines is 1. The minimum Gasteiger partial charge on any atom is -0.379 e. The molecular formula is C18H30N4O3. The van der Waals surface area contributed by atoms with Gasteiger partial charge in [0.1, 0.15) is 5.76 Å². The highest BCUT2D eigenvalue weighted by atomic mass is 16.5. The van der Waals surface area contributed by atoms with Gasteiger partial charge < -0.3 is 14.6 Å². The molecule has 3 heterocycles. The van der Waals surface area contributed by atoms with Crippen LogP contribution in [0.2, 0.25) is 0 Å². The Morgan fingerprint density at radius 2 is 2.04 bits per heavy atom. The van der Waals surface area contributed by atoms with Gasteiger partial charge in [-0.2, -0.15) is 0 Å². The fourth-order valence-electron chi connectivity index (χ4n) is 3.35. The normalized spacial score (nSPS) is 23.6. The van der Waals surface area contributed by atoms with Crippen molar-refractivity contribution >= 4 is 11.7 Å². The van der Waals surface area contributed by atoms with Gasteiger partial charge in [-0.05, 0) is 12.8 Å². The van der Waals surface area contributed by atoms with Gasteiger partial charge in [-0.25, -0.2) is 0 Å². The van der Waals surface area contributed by atoms with Gasteiger partial charge in [0, 0.05) is 31.1 Å². The summed E-state index contributed by atoms with van der Waals surface area (Å²) < 4.78 is 10.8. The molecule has 7 nitrogen and oxygen atoms in total. The predicted octanol–water partition coefficient (Wildman–Crippen LogP) is 2.05. The molecule has 1 N–H and O–H groups in total. The van der Waals surface area contributed by atoms with Crippen LogP contribution in [0.15, 0.2) is 10.6 Å². The zero-order valence-electron chi connectivity index (χ0n) is 15.6. The first-order chi connectivity index (χ1) is 11.9. The summed E-state index contributed by atoms with van der Waals surface area (Å²) in [6.07, 6.45) is 3.12. The van der Waals surface area contributed by atoms with Crippen LogP contribution in [-0.2, 0) is 14.9 Å². The van der Waals surface area contributed by atoms with E-state index in [9.17, 15) is 4.79 Å². The standard InChI is InChI=1S/C18H30N4O3/c1-18(2,3)15-12-16(20-25-15)19-17(23)14-6-4-5-7-22(14)13-21-8-10-24-11-9-21/h12,14H,4-11,13H2,1-3H3,(H,19,20,23)/t14-/m0/s1. The summed E-state index contributed by atoms with van der Waals surface area (Å²) in [6, 6.07) is 1.72. The van der Waals surface area contributed by atoms with Crippen molar-refractivity contribution in [2.24, 2.45) is 0 Å².